The number of rotatable bonds is 6. The molecule has 0 saturated heterocycles. The quantitative estimate of drug-likeness (QED) is 0.549. The molecule has 3 N–H and O–H groups in total. The highest BCUT2D eigenvalue weighted by molar-refractivity contribution is 6.05. The Bertz CT molecular complexity index is 785. The molecular weight excluding hydrogens is 318 g/mol. The lowest BCUT2D eigenvalue weighted by Crippen LogP contribution is -2.19. The van der Waals surface area contributed by atoms with Gasteiger partial charge in [-0.1, -0.05) is 13.8 Å². The minimum Gasteiger partial charge on any atom is -0.506 e. The maximum absolute atomic E-state index is 12.2. The number of nitrogens with one attached hydrogen (secondary N) is 2. The Balaban J connectivity index is 2.08. The highest BCUT2D eigenvalue weighted by Crippen LogP contribution is 2.27. The molecule has 25 heavy (non-hydrogen) atoms. The number of nitrogens with zero attached hydrogens (tertiary/aromatic N) is 1. The van der Waals surface area contributed by atoms with Gasteiger partial charge in [-0.3, -0.25) is 14.6 Å². The first kappa shape index (κ1) is 18.2. The second-order valence-electron chi connectivity index (χ2n) is 5.69. The van der Waals surface area contributed by atoms with Crippen LogP contribution in [0.4, 0.5) is 17.1 Å². The van der Waals surface area contributed by atoms with E-state index in [0.29, 0.717) is 16.9 Å². The maximum Gasteiger partial charge on any atom is 0.255 e. The van der Waals surface area contributed by atoms with Gasteiger partial charge < -0.3 is 15.7 Å². The summed E-state index contributed by atoms with van der Waals surface area (Å²) in [5.41, 5.74) is 1.83. The van der Waals surface area contributed by atoms with Gasteiger partial charge >= 0.3 is 0 Å². The van der Waals surface area contributed by atoms with Crippen LogP contribution in [0.15, 0.2) is 47.5 Å². The largest absolute Gasteiger partial charge is 0.506 e. The van der Waals surface area contributed by atoms with E-state index in [1.807, 2.05) is 13.8 Å². The fourth-order valence-corrected chi connectivity index (χ4v) is 2.08. The highest BCUT2D eigenvalue weighted by Gasteiger charge is 2.13. The molecule has 0 bridgehead atoms. The summed E-state index contributed by atoms with van der Waals surface area (Å²) in [5.74, 6) is -0.717. The van der Waals surface area contributed by atoms with Crippen molar-refractivity contribution >= 4 is 35.6 Å². The van der Waals surface area contributed by atoms with E-state index in [9.17, 15) is 14.7 Å². The summed E-state index contributed by atoms with van der Waals surface area (Å²) in [5, 5.41) is 15.4. The molecule has 0 aliphatic carbocycles. The third-order valence-corrected chi connectivity index (χ3v) is 3.89. The zero-order chi connectivity index (χ0) is 18.4. The van der Waals surface area contributed by atoms with Crippen LogP contribution in [0.2, 0.25) is 0 Å². The number of hydrogen-bond donors (Lipinski definition) is 3. The third kappa shape index (κ3) is 4.67. The van der Waals surface area contributed by atoms with Crippen molar-refractivity contribution < 1.29 is 14.7 Å². The fourth-order valence-electron chi connectivity index (χ4n) is 2.08. The number of carbonyl (C=O) groups excluding carboxylic acids is 2. The van der Waals surface area contributed by atoms with E-state index in [0.717, 1.165) is 6.42 Å². The molecule has 6 heteroatoms. The van der Waals surface area contributed by atoms with Crippen molar-refractivity contribution in [1.29, 1.82) is 0 Å². The molecule has 0 spiro atoms. The van der Waals surface area contributed by atoms with Gasteiger partial charge in [0.1, 0.15) is 5.75 Å². The van der Waals surface area contributed by atoms with E-state index in [2.05, 4.69) is 22.3 Å². The lowest BCUT2D eigenvalue weighted by atomic mass is 10.1. The average molecular weight is 339 g/mol. The molecule has 0 saturated carbocycles. The normalized spacial score (nSPS) is 11.4. The van der Waals surface area contributed by atoms with Gasteiger partial charge in [0.2, 0.25) is 5.91 Å². The predicted octanol–water partition coefficient (Wildman–Crippen LogP) is 3.96. The topological polar surface area (TPSA) is 90.8 Å². The molecule has 6 nitrogen and oxygen atoms in total. The minimum atomic E-state index is -0.359. The van der Waals surface area contributed by atoms with Crippen LogP contribution in [0.1, 0.15) is 30.6 Å². The monoisotopic (exact) mass is 339 g/mol. The molecule has 0 aliphatic rings. The number of benzene rings is 2. The van der Waals surface area contributed by atoms with Crippen molar-refractivity contribution in [1.82, 2.24) is 0 Å². The molecule has 2 aromatic carbocycles. The van der Waals surface area contributed by atoms with Gasteiger partial charge in [0.25, 0.3) is 5.91 Å². The molecular formula is C19H21N3O3. The van der Waals surface area contributed by atoms with E-state index in [-0.39, 0.29) is 29.2 Å². The molecule has 0 aliphatic heterocycles. The van der Waals surface area contributed by atoms with Crippen molar-refractivity contribution in [2.45, 2.75) is 20.3 Å². The van der Waals surface area contributed by atoms with Crippen molar-refractivity contribution in [3.05, 3.63) is 48.0 Å². The van der Waals surface area contributed by atoms with Gasteiger partial charge in [-0.05, 0) is 49.5 Å². The molecule has 0 fully saturated rings. The van der Waals surface area contributed by atoms with Crippen LogP contribution in [0.5, 0.6) is 5.75 Å². The van der Waals surface area contributed by atoms with Gasteiger partial charge in [0.05, 0.1) is 11.4 Å². The minimum absolute atomic E-state index is 0.116. The summed E-state index contributed by atoms with van der Waals surface area (Å²) in [6.07, 6.45) is 0.728. The Morgan fingerprint density at radius 2 is 1.84 bits per heavy atom. The zero-order valence-corrected chi connectivity index (χ0v) is 14.2. The number of aromatic hydroxyl groups is 1. The molecule has 0 aromatic heterocycles. The van der Waals surface area contributed by atoms with Gasteiger partial charge in [0.15, 0.2) is 0 Å². The van der Waals surface area contributed by atoms with Gasteiger partial charge in [0, 0.05) is 23.2 Å². The van der Waals surface area contributed by atoms with Crippen molar-refractivity contribution in [2.75, 3.05) is 10.6 Å². The van der Waals surface area contributed by atoms with Crippen LogP contribution in [-0.2, 0) is 4.79 Å². The Morgan fingerprint density at radius 1 is 1.16 bits per heavy atom. The zero-order valence-electron chi connectivity index (χ0n) is 14.2. The Labute approximate surface area is 146 Å². The molecule has 2 amide bonds. The lowest BCUT2D eigenvalue weighted by molar-refractivity contribution is -0.119. The Hall–Kier alpha value is -3.15. The second-order valence-corrected chi connectivity index (χ2v) is 5.69. The number of hydrogen-bond acceptors (Lipinski definition) is 4. The summed E-state index contributed by atoms with van der Waals surface area (Å²) in [4.78, 5) is 27.9. The highest BCUT2D eigenvalue weighted by atomic mass is 16.3. The number of aliphatic imine (C=N–C) groups is 1. The van der Waals surface area contributed by atoms with Crippen LogP contribution in [-0.4, -0.2) is 23.6 Å². The number of amides is 2. The number of phenols is 1. The maximum atomic E-state index is 12.2. The first-order chi connectivity index (χ1) is 11.9. The first-order valence-corrected chi connectivity index (χ1v) is 7.96. The van der Waals surface area contributed by atoms with E-state index < -0.39 is 0 Å². The Kier molecular flexibility index (Phi) is 5.89. The van der Waals surface area contributed by atoms with E-state index in [4.69, 9.17) is 0 Å². The van der Waals surface area contributed by atoms with Gasteiger partial charge in [-0.2, -0.15) is 0 Å². The third-order valence-electron chi connectivity index (χ3n) is 3.89. The lowest BCUT2D eigenvalue weighted by Gasteiger charge is -2.12. The van der Waals surface area contributed by atoms with Crippen LogP contribution in [0.3, 0.4) is 0 Å². The van der Waals surface area contributed by atoms with Crippen LogP contribution >= 0.6 is 0 Å². The average Bonchev–Trinajstić information content (AvgIpc) is 2.63. The summed E-state index contributed by atoms with van der Waals surface area (Å²) >= 11 is 0. The molecule has 130 valence electrons. The summed E-state index contributed by atoms with van der Waals surface area (Å²) in [7, 11) is 0. The molecule has 2 aromatic rings. The van der Waals surface area contributed by atoms with Gasteiger partial charge in [-0.25, -0.2) is 0 Å². The van der Waals surface area contributed by atoms with Gasteiger partial charge in [-0.15, -0.1) is 0 Å². The van der Waals surface area contributed by atoms with Crippen LogP contribution in [0, 0.1) is 5.92 Å². The predicted molar refractivity (Wildman–Crippen MR) is 99.8 cm³/mol. The molecule has 2 rings (SSSR count). The standard InChI is InChI=1S/C19H21N3O3/c1-4-12(2)18(24)21-15-9-10-16(17(23)11-15)22-19(25)13-5-7-14(20-3)8-6-13/h5-12,23H,3-4H2,1-2H3,(H,21,24)(H,22,25). The van der Waals surface area contributed by atoms with Crippen molar-refractivity contribution in [3.63, 3.8) is 0 Å². The van der Waals surface area contributed by atoms with E-state index >= 15 is 0 Å². The smallest absolute Gasteiger partial charge is 0.255 e. The van der Waals surface area contributed by atoms with Crippen LogP contribution in [0.25, 0.3) is 0 Å². The molecule has 0 heterocycles. The second kappa shape index (κ2) is 8.10. The molecule has 1 unspecified atom stereocenters. The first-order valence-electron chi connectivity index (χ1n) is 7.96. The molecule has 1 atom stereocenters. The summed E-state index contributed by atoms with van der Waals surface area (Å²) < 4.78 is 0. The van der Waals surface area contributed by atoms with Crippen LogP contribution < -0.4 is 10.6 Å². The van der Waals surface area contributed by atoms with E-state index in [1.165, 1.54) is 6.07 Å². The number of phenolic OH excluding ortho intramolecular Hbond substituents is 1. The Morgan fingerprint density at radius 3 is 2.40 bits per heavy atom. The number of carbonyl (C=O) groups is 2. The van der Waals surface area contributed by atoms with E-state index in [1.54, 1.807) is 36.4 Å². The number of anilines is 2. The summed E-state index contributed by atoms with van der Waals surface area (Å²) in [6, 6.07) is 11.2. The SMILES string of the molecule is C=Nc1ccc(C(=O)Nc2ccc(NC(=O)C(C)CC)cc2O)cc1. The summed E-state index contributed by atoms with van der Waals surface area (Å²) in [6.45, 7) is 7.17. The van der Waals surface area contributed by atoms with Crippen molar-refractivity contribution in [2.24, 2.45) is 10.9 Å². The fraction of sp³-hybridized carbons (Fsp3) is 0.211. The molecule has 0 radical (unpaired) electrons. The van der Waals surface area contributed by atoms with Crippen molar-refractivity contribution in [3.8, 4) is 5.75 Å².